The van der Waals surface area contributed by atoms with Crippen LogP contribution in [0.3, 0.4) is 0 Å². The molecule has 0 fully saturated rings. The van der Waals surface area contributed by atoms with E-state index in [-0.39, 0.29) is 0 Å². The first kappa shape index (κ1) is 36.6. The van der Waals surface area contributed by atoms with Gasteiger partial charge in [0.2, 0.25) is 0 Å². The summed E-state index contributed by atoms with van der Waals surface area (Å²) < 4.78 is 8.80. The van der Waals surface area contributed by atoms with Crippen molar-refractivity contribution in [1.82, 2.24) is 29.5 Å². The Balaban J connectivity index is 1.24. The molecule has 0 amide bonds. The van der Waals surface area contributed by atoms with Crippen LogP contribution in [0.1, 0.15) is 0 Å². The molecule has 12 heteroatoms. The lowest BCUT2D eigenvalue weighted by atomic mass is 9.60. The minimum atomic E-state index is 0.551. The molecule has 0 unspecified atom stereocenters. The van der Waals surface area contributed by atoms with Crippen LogP contribution in [-0.2, 0) is 0 Å². The third-order valence-electron chi connectivity index (χ3n) is 12.5. The SMILES string of the molecule is Bc1c(B)c(B)c(-c2nc(-c3ccccc3)nc(-c3cc(-c4nc(-c5ccccc5)c5oc6ccccc6c5n4)ccc3-n3c4ccccc4c4ccccc43)n2)c(B)c1B. The predicted molar refractivity (Wildman–Crippen MR) is 265 cm³/mol. The summed E-state index contributed by atoms with van der Waals surface area (Å²) >= 11 is 0. The number of hydrogen-bond donors (Lipinski definition) is 0. The fraction of sp³-hybridized carbons (Fsp3) is 0. The molecule has 0 N–H and O–H groups in total. The second kappa shape index (κ2) is 14.4. The smallest absolute Gasteiger partial charge is 0.180 e. The third-order valence-corrected chi connectivity index (χ3v) is 12.5. The van der Waals surface area contributed by atoms with Crippen LogP contribution >= 0.6 is 0 Å². The van der Waals surface area contributed by atoms with Crippen molar-refractivity contribution in [2.45, 2.75) is 0 Å². The van der Waals surface area contributed by atoms with E-state index < -0.39 is 0 Å². The minimum absolute atomic E-state index is 0.551. The summed E-state index contributed by atoms with van der Waals surface area (Å²) in [5, 5.41) is 3.27. The molecular weight excluding hydrogens is 743 g/mol. The zero-order valence-corrected chi connectivity index (χ0v) is 34.5. The van der Waals surface area contributed by atoms with E-state index in [1.807, 2.05) is 54.6 Å². The maximum atomic E-state index is 6.47. The van der Waals surface area contributed by atoms with Gasteiger partial charge in [-0.1, -0.05) is 120 Å². The molecule has 0 aliphatic rings. The van der Waals surface area contributed by atoms with Crippen LogP contribution in [0.15, 0.2) is 156 Å². The van der Waals surface area contributed by atoms with Crippen molar-refractivity contribution < 1.29 is 4.42 Å². The molecule has 0 saturated heterocycles. The summed E-state index contributed by atoms with van der Waals surface area (Å²) in [6.45, 7) is 0. The third kappa shape index (κ3) is 5.93. The van der Waals surface area contributed by atoms with Crippen molar-refractivity contribution in [3.8, 4) is 62.5 Å². The topological polar surface area (TPSA) is 82.5 Å². The van der Waals surface area contributed by atoms with Crippen LogP contribution < -0.4 is 27.3 Å². The number of fused-ring (bicyclic) bond motifs is 6. The quantitative estimate of drug-likeness (QED) is 0.242. The molecule has 0 atom stereocenters. The monoisotopic (exact) mass is 778 g/mol. The Bertz CT molecular complexity index is 3470. The van der Waals surface area contributed by atoms with Crippen molar-refractivity contribution in [3.05, 3.63) is 152 Å². The number of furan rings is 1. The first-order chi connectivity index (χ1) is 29.8. The molecule has 11 aromatic rings. The molecule has 7 nitrogen and oxygen atoms in total. The minimum Gasteiger partial charge on any atom is -0.452 e. The molecule has 0 radical (unpaired) electrons. The fourth-order valence-electron chi connectivity index (χ4n) is 8.90. The van der Waals surface area contributed by atoms with E-state index >= 15 is 0 Å². The molecule has 0 spiro atoms. The van der Waals surface area contributed by atoms with Gasteiger partial charge in [0, 0.05) is 44.0 Å². The van der Waals surface area contributed by atoms with Gasteiger partial charge in [-0.2, -0.15) is 0 Å². The molecular formula is C49H35B5N6O. The van der Waals surface area contributed by atoms with Gasteiger partial charge < -0.3 is 8.98 Å². The van der Waals surface area contributed by atoms with E-state index in [0.29, 0.717) is 28.9 Å². The number of nitrogens with zero attached hydrogens (tertiary/aromatic N) is 6. The van der Waals surface area contributed by atoms with Crippen molar-refractivity contribution >= 4 is 110 Å². The summed E-state index contributed by atoms with van der Waals surface area (Å²) in [4.78, 5) is 26.6. The molecule has 0 aliphatic heterocycles. The standard InChI is InChI=1S/C49H35B5N6O/c50-38-37(39(51)41(53)42(54)40(38)52)49-58-46(27-15-5-2-6-16-27)57-48(59-49)32-25-28(23-24-35(32)60-33-20-10-7-17-29(33)30-18-8-11-21-34(30)60)47-55-43(26-13-3-1-4-14-26)45-44(56-47)31-19-9-12-22-36(31)61-45/h1-25H,50-54H2. The van der Waals surface area contributed by atoms with Crippen LogP contribution in [0, 0.1) is 0 Å². The van der Waals surface area contributed by atoms with Gasteiger partial charge in [-0.25, -0.2) is 24.9 Å². The Morgan fingerprint density at radius 2 is 0.934 bits per heavy atom. The predicted octanol–water partition coefficient (Wildman–Crippen LogP) is 3.29. The lowest BCUT2D eigenvalue weighted by Crippen LogP contribution is -2.55. The van der Waals surface area contributed by atoms with Gasteiger partial charge in [-0.05, 0) is 42.5 Å². The van der Waals surface area contributed by atoms with E-state index in [0.717, 1.165) is 77.6 Å². The molecule has 282 valence electrons. The summed E-state index contributed by atoms with van der Waals surface area (Å²) in [5.41, 5.74) is 16.6. The van der Waals surface area contributed by atoms with Crippen molar-refractivity contribution in [2.75, 3.05) is 0 Å². The number of rotatable bonds is 6. The lowest BCUT2D eigenvalue weighted by molar-refractivity contribution is 0.667. The number of benzene rings is 7. The van der Waals surface area contributed by atoms with Crippen molar-refractivity contribution in [3.63, 3.8) is 0 Å². The molecule has 4 heterocycles. The van der Waals surface area contributed by atoms with E-state index in [1.54, 1.807) is 0 Å². The molecule has 0 saturated carbocycles. The van der Waals surface area contributed by atoms with Crippen LogP contribution in [0.25, 0.3) is 106 Å². The normalized spacial score (nSPS) is 11.6. The Morgan fingerprint density at radius 1 is 0.410 bits per heavy atom. The van der Waals surface area contributed by atoms with Gasteiger partial charge >= 0.3 is 0 Å². The molecule has 4 aromatic heterocycles. The second-order valence-corrected chi connectivity index (χ2v) is 15.8. The average Bonchev–Trinajstić information content (AvgIpc) is 3.86. The van der Waals surface area contributed by atoms with E-state index in [4.69, 9.17) is 29.3 Å². The molecule has 7 aromatic carbocycles. The second-order valence-electron chi connectivity index (χ2n) is 15.8. The Hall–Kier alpha value is -7.45. The van der Waals surface area contributed by atoms with E-state index in [2.05, 4.69) is 141 Å². The zero-order chi connectivity index (χ0) is 41.4. The zero-order valence-electron chi connectivity index (χ0n) is 34.5. The summed E-state index contributed by atoms with van der Waals surface area (Å²) in [6, 6.07) is 51.9. The average molecular weight is 778 g/mol. The van der Waals surface area contributed by atoms with E-state index in [9.17, 15) is 0 Å². The van der Waals surface area contributed by atoms with Gasteiger partial charge in [0.1, 0.15) is 56.0 Å². The summed E-state index contributed by atoms with van der Waals surface area (Å²) in [7, 11) is 10.9. The van der Waals surface area contributed by atoms with Gasteiger partial charge in [0.05, 0.1) is 16.7 Å². The fourth-order valence-corrected chi connectivity index (χ4v) is 8.90. The Kier molecular flexibility index (Phi) is 8.63. The van der Waals surface area contributed by atoms with Crippen molar-refractivity contribution in [2.24, 2.45) is 0 Å². The Labute approximate surface area is 357 Å². The maximum absolute atomic E-state index is 6.47. The van der Waals surface area contributed by atoms with Crippen molar-refractivity contribution in [1.29, 1.82) is 0 Å². The summed E-state index contributed by atoms with van der Waals surface area (Å²) in [5.74, 6) is 2.36. The number of para-hydroxylation sites is 3. The van der Waals surface area contributed by atoms with Crippen LogP contribution in [-0.4, -0.2) is 68.7 Å². The molecule has 0 aliphatic carbocycles. The lowest BCUT2D eigenvalue weighted by Gasteiger charge is -2.20. The van der Waals surface area contributed by atoms with Gasteiger partial charge in [0.15, 0.2) is 28.9 Å². The molecule has 11 rings (SSSR count). The van der Waals surface area contributed by atoms with Gasteiger partial charge in [-0.3, -0.25) is 0 Å². The van der Waals surface area contributed by atoms with Gasteiger partial charge in [-0.15, -0.1) is 16.4 Å². The van der Waals surface area contributed by atoms with E-state index in [1.165, 1.54) is 27.2 Å². The highest BCUT2D eigenvalue weighted by molar-refractivity contribution is 6.68. The van der Waals surface area contributed by atoms with Crippen LogP contribution in [0.5, 0.6) is 0 Å². The highest BCUT2D eigenvalue weighted by atomic mass is 16.3. The molecule has 61 heavy (non-hydrogen) atoms. The van der Waals surface area contributed by atoms with Crippen LogP contribution in [0.2, 0.25) is 0 Å². The summed E-state index contributed by atoms with van der Waals surface area (Å²) in [6.07, 6.45) is 0. The first-order valence-corrected chi connectivity index (χ1v) is 20.6. The highest BCUT2D eigenvalue weighted by Gasteiger charge is 2.24. The number of hydrogen-bond acceptors (Lipinski definition) is 6. The largest absolute Gasteiger partial charge is 0.452 e. The number of aromatic nitrogens is 6. The Morgan fingerprint density at radius 3 is 1.61 bits per heavy atom. The van der Waals surface area contributed by atoms with Crippen LogP contribution in [0.4, 0.5) is 0 Å². The van der Waals surface area contributed by atoms with Gasteiger partial charge in [0.25, 0.3) is 0 Å². The highest BCUT2D eigenvalue weighted by Crippen LogP contribution is 2.40. The maximum Gasteiger partial charge on any atom is 0.180 e. The molecule has 0 bridgehead atoms. The first-order valence-electron chi connectivity index (χ1n) is 20.6.